The summed E-state index contributed by atoms with van der Waals surface area (Å²) in [5, 5.41) is 11.9. The van der Waals surface area contributed by atoms with Crippen LogP contribution < -0.4 is 10.2 Å². The molecule has 0 unspecified atom stereocenters. The number of hydrogen-bond donors (Lipinski definition) is 2. The van der Waals surface area contributed by atoms with Crippen LogP contribution in [0.25, 0.3) is 11.0 Å². The number of aliphatic hydroxyl groups is 1. The number of aliphatic hydroxyl groups excluding tert-OH is 1. The van der Waals surface area contributed by atoms with E-state index in [0.29, 0.717) is 19.5 Å². The number of para-hydroxylation sites is 2. The first-order valence-corrected chi connectivity index (χ1v) is 8.29. The molecule has 25 heavy (non-hydrogen) atoms. The SMILES string of the molecule is CN(CCO)c1ccc(NC(=O)CCn2cnc3ccccc32)cc1. The van der Waals surface area contributed by atoms with Gasteiger partial charge in [0.2, 0.25) is 5.91 Å². The van der Waals surface area contributed by atoms with E-state index >= 15 is 0 Å². The van der Waals surface area contributed by atoms with Gasteiger partial charge in [-0.1, -0.05) is 12.1 Å². The lowest BCUT2D eigenvalue weighted by atomic mass is 10.2. The summed E-state index contributed by atoms with van der Waals surface area (Å²) < 4.78 is 1.99. The molecule has 0 aliphatic rings. The minimum absolute atomic E-state index is 0.0331. The monoisotopic (exact) mass is 338 g/mol. The first-order valence-electron chi connectivity index (χ1n) is 8.29. The Morgan fingerprint density at radius 1 is 1.20 bits per heavy atom. The van der Waals surface area contributed by atoms with Gasteiger partial charge < -0.3 is 19.9 Å². The van der Waals surface area contributed by atoms with Crippen molar-refractivity contribution in [3.63, 3.8) is 0 Å². The number of aromatic nitrogens is 2. The van der Waals surface area contributed by atoms with Crippen molar-refractivity contribution in [2.45, 2.75) is 13.0 Å². The smallest absolute Gasteiger partial charge is 0.226 e. The normalized spacial score (nSPS) is 10.8. The van der Waals surface area contributed by atoms with E-state index in [0.717, 1.165) is 22.4 Å². The molecule has 0 fully saturated rings. The van der Waals surface area contributed by atoms with Crippen LogP contribution in [0.15, 0.2) is 54.9 Å². The van der Waals surface area contributed by atoms with Crippen LogP contribution in [0.3, 0.4) is 0 Å². The fraction of sp³-hybridized carbons (Fsp3) is 0.263. The van der Waals surface area contributed by atoms with Crippen molar-refractivity contribution < 1.29 is 9.90 Å². The van der Waals surface area contributed by atoms with E-state index in [9.17, 15) is 4.79 Å². The van der Waals surface area contributed by atoms with Crippen LogP contribution in [0, 0.1) is 0 Å². The predicted molar refractivity (Wildman–Crippen MR) is 99.8 cm³/mol. The second kappa shape index (κ2) is 7.81. The molecule has 0 atom stereocenters. The fourth-order valence-corrected chi connectivity index (χ4v) is 2.71. The van der Waals surface area contributed by atoms with Gasteiger partial charge in [0.1, 0.15) is 0 Å². The Labute approximate surface area is 146 Å². The van der Waals surface area contributed by atoms with E-state index in [-0.39, 0.29) is 12.5 Å². The summed E-state index contributed by atoms with van der Waals surface area (Å²) in [6, 6.07) is 15.5. The number of imidazole rings is 1. The van der Waals surface area contributed by atoms with Crippen molar-refractivity contribution in [1.29, 1.82) is 0 Å². The molecule has 1 aromatic heterocycles. The number of fused-ring (bicyclic) bond motifs is 1. The molecule has 0 spiro atoms. The Balaban J connectivity index is 1.55. The van der Waals surface area contributed by atoms with Crippen molar-refractivity contribution >= 4 is 28.3 Å². The zero-order chi connectivity index (χ0) is 17.6. The second-order valence-electron chi connectivity index (χ2n) is 5.92. The summed E-state index contributed by atoms with van der Waals surface area (Å²) in [4.78, 5) is 18.5. The highest BCUT2D eigenvalue weighted by Gasteiger charge is 2.06. The number of hydrogen-bond acceptors (Lipinski definition) is 4. The third-order valence-electron chi connectivity index (χ3n) is 4.13. The molecular weight excluding hydrogens is 316 g/mol. The minimum Gasteiger partial charge on any atom is -0.395 e. The van der Waals surface area contributed by atoms with Gasteiger partial charge in [0, 0.05) is 37.9 Å². The van der Waals surface area contributed by atoms with Crippen molar-refractivity contribution in [3.05, 3.63) is 54.9 Å². The van der Waals surface area contributed by atoms with Gasteiger partial charge in [-0.05, 0) is 36.4 Å². The van der Waals surface area contributed by atoms with Gasteiger partial charge >= 0.3 is 0 Å². The molecule has 6 heteroatoms. The van der Waals surface area contributed by atoms with E-state index in [1.807, 2.05) is 65.0 Å². The number of rotatable bonds is 7. The molecule has 0 aliphatic heterocycles. The third kappa shape index (κ3) is 4.16. The summed E-state index contributed by atoms with van der Waals surface area (Å²) in [5.74, 6) is -0.0331. The largest absolute Gasteiger partial charge is 0.395 e. The number of carbonyl (C=O) groups excluding carboxylic acids is 1. The average Bonchev–Trinajstić information content (AvgIpc) is 3.04. The molecule has 130 valence electrons. The van der Waals surface area contributed by atoms with Crippen molar-refractivity contribution in [1.82, 2.24) is 9.55 Å². The number of likely N-dealkylation sites (N-methyl/N-ethyl adjacent to an activating group) is 1. The van der Waals surface area contributed by atoms with Gasteiger partial charge in [0.15, 0.2) is 0 Å². The number of nitrogens with zero attached hydrogens (tertiary/aromatic N) is 3. The second-order valence-corrected chi connectivity index (χ2v) is 5.92. The number of amides is 1. The van der Waals surface area contributed by atoms with Crippen LogP contribution >= 0.6 is 0 Å². The number of aryl methyl sites for hydroxylation is 1. The molecule has 3 rings (SSSR count). The molecule has 3 aromatic rings. The number of anilines is 2. The Bertz CT molecular complexity index is 842. The summed E-state index contributed by atoms with van der Waals surface area (Å²) in [7, 11) is 1.92. The Hall–Kier alpha value is -2.86. The highest BCUT2D eigenvalue weighted by molar-refractivity contribution is 5.91. The summed E-state index contributed by atoms with van der Waals surface area (Å²) in [6.45, 7) is 1.27. The molecular formula is C19H22N4O2. The van der Waals surface area contributed by atoms with Crippen molar-refractivity contribution in [2.24, 2.45) is 0 Å². The van der Waals surface area contributed by atoms with Crippen molar-refractivity contribution in [2.75, 3.05) is 30.4 Å². The molecule has 2 aromatic carbocycles. The minimum atomic E-state index is -0.0331. The van der Waals surface area contributed by atoms with Crippen LogP contribution in [0.2, 0.25) is 0 Å². The van der Waals surface area contributed by atoms with Crippen LogP contribution in [-0.2, 0) is 11.3 Å². The molecule has 0 bridgehead atoms. The predicted octanol–water partition coefficient (Wildman–Crippen LogP) is 2.49. The quantitative estimate of drug-likeness (QED) is 0.694. The summed E-state index contributed by atoms with van der Waals surface area (Å²) in [6.07, 6.45) is 2.15. The lowest BCUT2D eigenvalue weighted by Gasteiger charge is -2.18. The van der Waals surface area contributed by atoms with Gasteiger partial charge in [0.25, 0.3) is 0 Å². The summed E-state index contributed by atoms with van der Waals surface area (Å²) in [5.41, 5.74) is 3.73. The van der Waals surface area contributed by atoms with Crippen LogP contribution in [0.1, 0.15) is 6.42 Å². The highest BCUT2D eigenvalue weighted by atomic mass is 16.3. The number of benzene rings is 2. The third-order valence-corrected chi connectivity index (χ3v) is 4.13. The first-order chi connectivity index (χ1) is 12.2. The van der Waals surface area contributed by atoms with Gasteiger partial charge in [-0.15, -0.1) is 0 Å². The molecule has 6 nitrogen and oxygen atoms in total. The molecule has 0 radical (unpaired) electrons. The van der Waals surface area contributed by atoms with Gasteiger partial charge in [-0.3, -0.25) is 4.79 Å². The van der Waals surface area contributed by atoms with Crippen LogP contribution in [0.4, 0.5) is 11.4 Å². The van der Waals surface area contributed by atoms with E-state index in [1.165, 1.54) is 0 Å². The maximum Gasteiger partial charge on any atom is 0.226 e. The van der Waals surface area contributed by atoms with E-state index < -0.39 is 0 Å². The lowest BCUT2D eigenvalue weighted by Crippen LogP contribution is -2.21. The Morgan fingerprint density at radius 3 is 2.72 bits per heavy atom. The average molecular weight is 338 g/mol. The van der Waals surface area contributed by atoms with Crippen LogP contribution in [0.5, 0.6) is 0 Å². The zero-order valence-corrected chi connectivity index (χ0v) is 14.2. The molecule has 2 N–H and O–H groups in total. The number of carbonyl (C=O) groups is 1. The first kappa shape index (κ1) is 17.0. The maximum atomic E-state index is 12.2. The van der Waals surface area contributed by atoms with E-state index in [1.54, 1.807) is 6.33 Å². The Kier molecular flexibility index (Phi) is 5.30. The highest BCUT2D eigenvalue weighted by Crippen LogP contribution is 2.17. The summed E-state index contributed by atoms with van der Waals surface area (Å²) >= 11 is 0. The maximum absolute atomic E-state index is 12.2. The molecule has 0 aliphatic carbocycles. The fourth-order valence-electron chi connectivity index (χ4n) is 2.71. The van der Waals surface area contributed by atoms with Gasteiger partial charge in [-0.25, -0.2) is 4.98 Å². The standard InChI is InChI=1S/C19H22N4O2/c1-22(12-13-24)16-8-6-15(7-9-16)21-19(25)10-11-23-14-20-17-4-2-3-5-18(17)23/h2-9,14,24H,10-13H2,1H3,(H,21,25). The molecule has 0 saturated heterocycles. The molecule has 1 heterocycles. The van der Waals surface area contributed by atoms with Gasteiger partial charge in [-0.2, -0.15) is 0 Å². The number of nitrogens with one attached hydrogen (secondary N) is 1. The Morgan fingerprint density at radius 2 is 1.96 bits per heavy atom. The van der Waals surface area contributed by atoms with Crippen LogP contribution in [-0.4, -0.2) is 40.8 Å². The molecule has 1 amide bonds. The van der Waals surface area contributed by atoms with E-state index in [4.69, 9.17) is 5.11 Å². The lowest BCUT2D eigenvalue weighted by molar-refractivity contribution is -0.116. The zero-order valence-electron chi connectivity index (χ0n) is 14.2. The van der Waals surface area contributed by atoms with Gasteiger partial charge in [0.05, 0.1) is 24.0 Å². The van der Waals surface area contributed by atoms with E-state index in [2.05, 4.69) is 10.3 Å². The van der Waals surface area contributed by atoms with Crippen molar-refractivity contribution in [3.8, 4) is 0 Å². The molecule has 0 saturated carbocycles. The topological polar surface area (TPSA) is 70.4 Å².